The fourth-order valence-corrected chi connectivity index (χ4v) is 4.71. The maximum Gasteiger partial charge on any atom is 0.416 e. The number of benzene rings is 2. The molecule has 0 unspecified atom stereocenters. The fourth-order valence-electron chi connectivity index (χ4n) is 3.85. The van der Waals surface area contributed by atoms with Crippen LogP contribution in [0, 0.1) is 0 Å². The van der Waals surface area contributed by atoms with E-state index in [1.54, 1.807) is 36.1 Å². The average molecular weight is 599 g/mol. The molecule has 3 aromatic heterocycles. The Morgan fingerprint density at radius 3 is 2.33 bits per heavy atom. The van der Waals surface area contributed by atoms with E-state index in [1.165, 1.54) is 12.4 Å². The summed E-state index contributed by atoms with van der Waals surface area (Å²) in [6.07, 6.45) is 1.97. The molecule has 0 bridgehead atoms. The number of fused-ring (bicyclic) bond motifs is 1. The summed E-state index contributed by atoms with van der Waals surface area (Å²) in [7, 11) is -2.31. The molecule has 3 N–H and O–H groups in total. The van der Waals surface area contributed by atoms with E-state index >= 15 is 0 Å². The second-order valence-electron chi connectivity index (χ2n) is 8.83. The minimum atomic E-state index is -4.76. The Morgan fingerprint density at radius 1 is 0.976 bits per heavy atom. The summed E-state index contributed by atoms with van der Waals surface area (Å²) in [6.45, 7) is 0. The molecule has 12 nitrogen and oxygen atoms in total. The van der Waals surface area contributed by atoms with Crippen LogP contribution in [0.15, 0.2) is 78.2 Å². The minimum Gasteiger partial charge on any atom is -0.424 e. The lowest BCUT2D eigenvalue weighted by molar-refractivity contribution is -0.137. The molecular formula is C26H21F3N8O4S. The standard InChI is InChI=1S/C26H21F3N8O4S/c1-30-22-9-10-37-23(36-22)19(14-33-37)15-3-6-18(7-4-15)41-25-31-12-17(13-32-25)34-24(38)35-20-8-5-16(26(27,28)29)11-21(20)42(2,39)40/h3-14H,1-2H3,(H,30,36)(H2,34,35,38). The van der Waals surface area contributed by atoms with Crippen molar-refractivity contribution in [3.8, 4) is 22.9 Å². The van der Waals surface area contributed by atoms with Crippen molar-refractivity contribution >= 4 is 38.7 Å². The van der Waals surface area contributed by atoms with Gasteiger partial charge in [-0.1, -0.05) is 12.1 Å². The highest BCUT2D eigenvalue weighted by Crippen LogP contribution is 2.34. The van der Waals surface area contributed by atoms with Gasteiger partial charge in [-0.15, -0.1) is 0 Å². The van der Waals surface area contributed by atoms with Crippen molar-refractivity contribution in [3.05, 3.63) is 78.9 Å². The van der Waals surface area contributed by atoms with Gasteiger partial charge in [0.15, 0.2) is 15.5 Å². The summed E-state index contributed by atoms with van der Waals surface area (Å²) >= 11 is 0. The van der Waals surface area contributed by atoms with Crippen LogP contribution in [0.3, 0.4) is 0 Å². The summed E-state index contributed by atoms with van der Waals surface area (Å²) in [5.74, 6) is 1.14. The first kappa shape index (κ1) is 28.3. The second-order valence-corrected chi connectivity index (χ2v) is 10.8. The Labute approximate surface area is 236 Å². The second kappa shape index (κ2) is 11.0. The fraction of sp³-hybridized carbons (Fsp3) is 0.115. The van der Waals surface area contributed by atoms with E-state index in [1.807, 2.05) is 18.2 Å². The van der Waals surface area contributed by atoms with Crippen LogP contribution in [-0.2, 0) is 16.0 Å². The lowest BCUT2D eigenvalue weighted by Crippen LogP contribution is -2.21. The molecule has 0 aliphatic heterocycles. The predicted molar refractivity (Wildman–Crippen MR) is 147 cm³/mol. The Bertz CT molecular complexity index is 1880. The van der Waals surface area contributed by atoms with E-state index in [2.05, 4.69) is 36.0 Å². The van der Waals surface area contributed by atoms with Crippen LogP contribution in [0.2, 0.25) is 0 Å². The van der Waals surface area contributed by atoms with E-state index in [0.29, 0.717) is 29.3 Å². The van der Waals surface area contributed by atoms with Crippen LogP contribution in [-0.4, -0.2) is 52.3 Å². The average Bonchev–Trinajstić information content (AvgIpc) is 3.37. The van der Waals surface area contributed by atoms with Crippen molar-refractivity contribution in [1.29, 1.82) is 0 Å². The first-order valence-corrected chi connectivity index (χ1v) is 13.9. The number of hydrogen-bond donors (Lipinski definition) is 3. The van der Waals surface area contributed by atoms with Gasteiger partial charge >= 0.3 is 18.2 Å². The van der Waals surface area contributed by atoms with Crippen molar-refractivity contribution < 1.29 is 31.1 Å². The Balaban J connectivity index is 1.24. The molecule has 0 radical (unpaired) electrons. The van der Waals surface area contributed by atoms with Crippen molar-refractivity contribution in [1.82, 2.24) is 24.6 Å². The van der Waals surface area contributed by atoms with Crippen LogP contribution in [0.25, 0.3) is 16.8 Å². The number of amides is 2. The number of sulfone groups is 1. The quantitative estimate of drug-likeness (QED) is 0.233. The van der Waals surface area contributed by atoms with Gasteiger partial charge in [0.05, 0.1) is 40.4 Å². The topological polar surface area (TPSA) is 152 Å². The first-order chi connectivity index (χ1) is 19.9. The van der Waals surface area contributed by atoms with Gasteiger partial charge in [-0.25, -0.2) is 32.7 Å². The normalized spacial score (nSPS) is 11.7. The van der Waals surface area contributed by atoms with Crippen LogP contribution < -0.4 is 20.7 Å². The van der Waals surface area contributed by atoms with Crippen LogP contribution in [0.1, 0.15) is 5.56 Å². The molecule has 2 aromatic carbocycles. The third kappa shape index (κ3) is 6.22. The first-order valence-electron chi connectivity index (χ1n) is 12.0. The van der Waals surface area contributed by atoms with Crippen molar-refractivity contribution in [2.75, 3.05) is 29.3 Å². The monoisotopic (exact) mass is 598 g/mol. The zero-order valence-electron chi connectivity index (χ0n) is 21.8. The molecule has 216 valence electrons. The zero-order valence-corrected chi connectivity index (χ0v) is 22.7. The number of aromatic nitrogens is 5. The minimum absolute atomic E-state index is 0.0212. The number of anilines is 3. The van der Waals surface area contributed by atoms with Crippen LogP contribution in [0.5, 0.6) is 11.8 Å². The third-order valence-electron chi connectivity index (χ3n) is 5.84. The molecule has 0 saturated carbocycles. The number of hydrogen-bond acceptors (Lipinski definition) is 9. The Kier molecular flexibility index (Phi) is 7.38. The molecular weight excluding hydrogens is 577 g/mol. The van der Waals surface area contributed by atoms with E-state index < -0.39 is 32.5 Å². The van der Waals surface area contributed by atoms with Gasteiger partial charge in [-0.3, -0.25) is 0 Å². The molecule has 0 aliphatic rings. The number of carbonyl (C=O) groups is 1. The largest absolute Gasteiger partial charge is 0.424 e. The lowest BCUT2D eigenvalue weighted by Gasteiger charge is -2.14. The molecule has 0 aliphatic carbocycles. The number of ether oxygens (including phenoxy) is 1. The molecule has 0 atom stereocenters. The van der Waals surface area contributed by atoms with Crippen molar-refractivity contribution in [3.63, 3.8) is 0 Å². The molecule has 5 aromatic rings. The number of urea groups is 1. The summed E-state index contributed by atoms with van der Waals surface area (Å²) in [6, 6.07) is 9.94. The number of nitrogens with one attached hydrogen (secondary N) is 3. The van der Waals surface area contributed by atoms with E-state index in [-0.39, 0.29) is 17.4 Å². The lowest BCUT2D eigenvalue weighted by atomic mass is 10.1. The van der Waals surface area contributed by atoms with Gasteiger partial charge in [0.1, 0.15) is 11.6 Å². The van der Waals surface area contributed by atoms with E-state index in [9.17, 15) is 26.4 Å². The molecule has 5 rings (SSSR count). The maximum absolute atomic E-state index is 13.0. The number of alkyl halides is 3. The molecule has 2 amide bonds. The van der Waals surface area contributed by atoms with Gasteiger partial charge in [-0.2, -0.15) is 18.3 Å². The third-order valence-corrected chi connectivity index (χ3v) is 6.98. The van der Waals surface area contributed by atoms with Crippen molar-refractivity contribution in [2.45, 2.75) is 11.1 Å². The van der Waals surface area contributed by atoms with Gasteiger partial charge in [-0.05, 0) is 42.0 Å². The van der Waals surface area contributed by atoms with Gasteiger partial charge in [0, 0.05) is 25.1 Å². The molecule has 16 heteroatoms. The maximum atomic E-state index is 13.0. The highest BCUT2D eigenvalue weighted by molar-refractivity contribution is 7.90. The number of carbonyl (C=O) groups excluding carboxylic acids is 1. The van der Waals surface area contributed by atoms with E-state index in [4.69, 9.17) is 4.74 Å². The zero-order chi connectivity index (χ0) is 30.1. The van der Waals surface area contributed by atoms with Gasteiger partial charge < -0.3 is 20.7 Å². The highest BCUT2D eigenvalue weighted by Gasteiger charge is 2.32. The summed E-state index contributed by atoms with van der Waals surface area (Å²) in [5, 5.41) is 11.9. The highest BCUT2D eigenvalue weighted by atomic mass is 32.2. The Morgan fingerprint density at radius 2 is 1.69 bits per heavy atom. The molecule has 0 saturated heterocycles. The number of halogens is 3. The van der Waals surface area contributed by atoms with Gasteiger partial charge in [0.25, 0.3) is 0 Å². The number of rotatable bonds is 7. The number of nitrogens with zero attached hydrogens (tertiary/aromatic N) is 5. The molecule has 0 spiro atoms. The summed E-state index contributed by atoms with van der Waals surface area (Å²) < 4.78 is 70.5. The predicted octanol–water partition coefficient (Wildman–Crippen LogP) is 5.09. The van der Waals surface area contributed by atoms with Crippen LogP contribution >= 0.6 is 0 Å². The summed E-state index contributed by atoms with van der Waals surface area (Å²) in [4.78, 5) is 24.3. The molecule has 0 fully saturated rings. The van der Waals surface area contributed by atoms with Crippen LogP contribution in [0.4, 0.5) is 35.2 Å². The molecule has 42 heavy (non-hydrogen) atoms. The van der Waals surface area contributed by atoms with E-state index in [0.717, 1.165) is 23.4 Å². The SMILES string of the molecule is CNc1ccn2ncc(-c3ccc(Oc4ncc(NC(=O)Nc5ccc(C(F)(F)F)cc5S(C)(=O)=O)cn4)cc3)c2n1. The molecule has 3 heterocycles. The Hall–Kier alpha value is -5.25. The smallest absolute Gasteiger partial charge is 0.416 e. The summed E-state index contributed by atoms with van der Waals surface area (Å²) in [5.41, 5.74) is 0.986. The van der Waals surface area contributed by atoms with Gasteiger partial charge in [0.2, 0.25) is 0 Å². The van der Waals surface area contributed by atoms with Crippen molar-refractivity contribution in [2.24, 2.45) is 0 Å².